The maximum absolute atomic E-state index is 12.9. The van der Waals surface area contributed by atoms with E-state index in [1.54, 1.807) is 0 Å². The van der Waals surface area contributed by atoms with Crippen LogP contribution in [0.3, 0.4) is 0 Å². The lowest BCUT2D eigenvalue weighted by molar-refractivity contribution is -0.147. The number of rotatable bonds is 6. The molecule has 4 saturated carbocycles. The van der Waals surface area contributed by atoms with E-state index in [0.717, 1.165) is 43.4 Å². The summed E-state index contributed by atoms with van der Waals surface area (Å²) in [6.45, 7) is 7.08. The van der Waals surface area contributed by atoms with Gasteiger partial charge in [-0.2, -0.15) is 0 Å². The normalized spacial score (nSPS) is 30.3. The molecule has 1 aromatic carbocycles. The second kappa shape index (κ2) is 7.53. The number of hydrogen-bond acceptors (Lipinski definition) is 2. The first-order chi connectivity index (χ1) is 13.3. The lowest BCUT2D eigenvalue weighted by Crippen LogP contribution is -2.54. The Bertz CT molecular complexity index is 725. The Labute approximate surface area is 168 Å². The number of aryl methyl sites for hydroxylation is 3. The zero-order valence-corrected chi connectivity index (χ0v) is 17.6. The molecule has 4 aliphatic carbocycles. The molecule has 28 heavy (non-hydrogen) atoms. The summed E-state index contributed by atoms with van der Waals surface area (Å²) in [5, 5.41) is 5.94. The molecule has 0 saturated heterocycles. The van der Waals surface area contributed by atoms with Gasteiger partial charge in [-0.3, -0.25) is 9.59 Å². The molecule has 0 atom stereocenters. The van der Waals surface area contributed by atoms with Crippen LogP contribution < -0.4 is 10.6 Å². The SMILES string of the molecule is Cc1cc(C)c(CCNC(=O)CNC(=O)C23CC4CC(CC(C4)C2)C3)c(C)c1. The smallest absolute Gasteiger partial charge is 0.239 e. The topological polar surface area (TPSA) is 58.2 Å². The quantitative estimate of drug-likeness (QED) is 0.790. The van der Waals surface area contributed by atoms with Gasteiger partial charge in [0.1, 0.15) is 0 Å². The van der Waals surface area contributed by atoms with Crippen LogP contribution in [0.1, 0.15) is 60.8 Å². The van der Waals surface area contributed by atoms with Crippen LogP contribution in [0, 0.1) is 43.9 Å². The third-order valence-electron chi connectivity index (χ3n) is 7.47. The Balaban J connectivity index is 1.25. The highest BCUT2D eigenvalue weighted by molar-refractivity contribution is 5.88. The second-order valence-electron chi connectivity index (χ2n) is 9.86. The maximum atomic E-state index is 12.9. The molecule has 5 rings (SSSR count). The summed E-state index contributed by atoms with van der Waals surface area (Å²) in [7, 11) is 0. The predicted octanol–water partition coefficient (Wildman–Crippen LogP) is 3.60. The Kier molecular flexibility index (Phi) is 5.24. The van der Waals surface area contributed by atoms with E-state index < -0.39 is 0 Å². The molecule has 4 aliphatic rings. The van der Waals surface area contributed by atoms with Crippen LogP contribution in [0.25, 0.3) is 0 Å². The molecule has 4 heteroatoms. The van der Waals surface area contributed by atoms with Crippen molar-refractivity contribution >= 4 is 11.8 Å². The number of benzene rings is 1. The highest BCUT2D eigenvalue weighted by Gasteiger charge is 2.54. The van der Waals surface area contributed by atoms with Crippen LogP contribution in [0.2, 0.25) is 0 Å². The number of hydrogen-bond donors (Lipinski definition) is 2. The summed E-state index contributed by atoms with van der Waals surface area (Å²) in [6.07, 6.45) is 7.92. The van der Waals surface area contributed by atoms with Crippen LogP contribution in [-0.4, -0.2) is 24.9 Å². The van der Waals surface area contributed by atoms with E-state index in [9.17, 15) is 9.59 Å². The lowest BCUT2D eigenvalue weighted by Gasteiger charge is -2.55. The summed E-state index contributed by atoms with van der Waals surface area (Å²) in [4.78, 5) is 25.2. The van der Waals surface area contributed by atoms with Crippen molar-refractivity contribution < 1.29 is 9.59 Å². The number of nitrogens with one attached hydrogen (secondary N) is 2. The maximum Gasteiger partial charge on any atom is 0.239 e. The van der Waals surface area contributed by atoms with Gasteiger partial charge in [-0.15, -0.1) is 0 Å². The molecule has 0 heterocycles. The Morgan fingerprint density at radius 2 is 1.46 bits per heavy atom. The Morgan fingerprint density at radius 1 is 0.929 bits per heavy atom. The zero-order valence-electron chi connectivity index (χ0n) is 17.6. The number of carbonyl (C=O) groups is 2. The van der Waals surface area contributed by atoms with E-state index >= 15 is 0 Å². The first-order valence-corrected chi connectivity index (χ1v) is 11.0. The number of amides is 2. The molecule has 2 amide bonds. The minimum absolute atomic E-state index is 0.0829. The molecular weight excluding hydrogens is 348 g/mol. The molecule has 1 aromatic rings. The highest BCUT2D eigenvalue weighted by Crippen LogP contribution is 2.60. The fourth-order valence-corrected chi connectivity index (χ4v) is 6.73. The van der Waals surface area contributed by atoms with Crippen molar-refractivity contribution in [3.05, 3.63) is 34.4 Å². The second-order valence-corrected chi connectivity index (χ2v) is 9.86. The van der Waals surface area contributed by atoms with Gasteiger partial charge in [0.2, 0.25) is 11.8 Å². The van der Waals surface area contributed by atoms with Gasteiger partial charge >= 0.3 is 0 Å². The highest BCUT2D eigenvalue weighted by atomic mass is 16.2. The van der Waals surface area contributed by atoms with Gasteiger partial charge in [0, 0.05) is 12.0 Å². The molecule has 4 nitrogen and oxygen atoms in total. The summed E-state index contributed by atoms with van der Waals surface area (Å²) in [5.74, 6) is 2.28. The molecule has 152 valence electrons. The molecule has 0 aromatic heterocycles. The van der Waals surface area contributed by atoms with Crippen LogP contribution in [-0.2, 0) is 16.0 Å². The monoisotopic (exact) mass is 382 g/mol. The predicted molar refractivity (Wildman–Crippen MR) is 111 cm³/mol. The first-order valence-electron chi connectivity index (χ1n) is 11.0. The minimum atomic E-state index is -0.175. The van der Waals surface area contributed by atoms with Crippen molar-refractivity contribution in [1.82, 2.24) is 10.6 Å². The van der Waals surface area contributed by atoms with Crippen molar-refractivity contribution in [1.29, 1.82) is 0 Å². The molecule has 0 aliphatic heterocycles. The fourth-order valence-electron chi connectivity index (χ4n) is 6.73. The fraction of sp³-hybridized carbons (Fsp3) is 0.667. The summed E-state index contributed by atoms with van der Waals surface area (Å²) >= 11 is 0. The number of carbonyl (C=O) groups excluding carboxylic acids is 2. The largest absolute Gasteiger partial charge is 0.354 e. The van der Waals surface area contributed by atoms with E-state index in [-0.39, 0.29) is 23.8 Å². The van der Waals surface area contributed by atoms with Crippen LogP contribution >= 0.6 is 0 Å². The molecule has 4 fully saturated rings. The Hall–Kier alpha value is -1.84. The van der Waals surface area contributed by atoms with Crippen molar-refractivity contribution in [2.45, 2.75) is 65.7 Å². The van der Waals surface area contributed by atoms with Crippen LogP contribution in [0.15, 0.2) is 12.1 Å². The lowest BCUT2D eigenvalue weighted by atomic mass is 9.49. The zero-order chi connectivity index (χ0) is 19.9. The molecular formula is C24H34N2O2. The van der Waals surface area contributed by atoms with Gasteiger partial charge in [0.25, 0.3) is 0 Å². The van der Waals surface area contributed by atoms with Crippen LogP contribution in [0.4, 0.5) is 0 Å². The summed E-state index contributed by atoms with van der Waals surface area (Å²) in [6, 6.07) is 4.38. The average molecular weight is 383 g/mol. The van der Waals surface area contributed by atoms with E-state index in [1.165, 1.54) is 41.5 Å². The third kappa shape index (κ3) is 3.83. The van der Waals surface area contributed by atoms with E-state index in [0.29, 0.717) is 6.54 Å². The van der Waals surface area contributed by atoms with E-state index in [1.807, 2.05) is 0 Å². The molecule has 4 bridgehead atoms. The molecule has 0 unspecified atom stereocenters. The van der Waals surface area contributed by atoms with Gasteiger partial charge in [-0.1, -0.05) is 17.7 Å². The van der Waals surface area contributed by atoms with Gasteiger partial charge in [-0.25, -0.2) is 0 Å². The summed E-state index contributed by atoms with van der Waals surface area (Å²) in [5.41, 5.74) is 4.97. The molecule has 0 radical (unpaired) electrons. The summed E-state index contributed by atoms with van der Waals surface area (Å²) < 4.78 is 0. The van der Waals surface area contributed by atoms with Gasteiger partial charge in [0.15, 0.2) is 0 Å². The van der Waals surface area contributed by atoms with Crippen molar-refractivity contribution in [2.24, 2.45) is 23.2 Å². The van der Waals surface area contributed by atoms with Crippen molar-refractivity contribution in [3.8, 4) is 0 Å². The Morgan fingerprint density at radius 3 is 2.00 bits per heavy atom. The molecule has 0 spiro atoms. The minimum Gasteiger partial charge on any atom is -0.354 e. The van der Waals surface area contributed by atoms with E-state index in [4.69, 9.17) is 0 Å². The average Bonchev–Trinajstić information content (AvgIpc) is 2.60. The molecule has 2 N–H and O–H groups in total. The van der Waals surface area contributed by atoms with E-state index in [2.05, 4.69) is 43.5 Å². The van der Waals surface area contributed by atoms with Gasteiger partial charge in [0.05, 0.1) is 6.54 Å². The standard InChI is InChI=1S/C24H34N2O2/c1-15-6-16(2)21(17(3)7-15)4-5-25-22(27)14-26-23(28)24-11-18-8-19(12-24)10-20(9-18)13-24/h6-7,18-20H,4-5,8-14H2,1-3H3,(H,25,27)(H,26,28). The van der Waals surface area contributed by atoms with Gasteiger partial charge in [-0.05, 0) is 100 Å². The van der Waals surface area contributed by atoms with Crippen molar-refractivity contribution in [2.75, 3.05) is 13.1 Å². The van der Waals surface area contributed by atoms with Gasteiger partial charge < -0.3 is 10.6 Å². The van der Waals surface area contributed by atoms with Crippen LogP contribution in [0.5, 0.6) is 0 Å². The first kappa shape index (κ1) is 19.5. The third-order valence-corrected chi connectivity index (χ3v) is 7.47. The van der Waals surface area contributed by atoms with Crippen molar-refractivity contribution in [3.63, 3.8) is 0 Å².